The van der Waals surface area contributed by atoms with Gasteiger partial charge in [-0.15, -0.1) is 0 Å². The molecule has 0 saturated heterocycles. The van der Waals surface area contributed by atoms with Crippen LogP contribution in [0.25, 0.3) is 0 Å². The van der Waals surface area contributed by atoms with E-state index in [-0.39, 0.29) is 0 Å². The van der Waals surface area contributed by atoms with Gasteiger partial charge in [0.2, 0.25) is 0 Å². The molecule has 16 heavy (non-hydrogen) atoms. The second-order valence-corrected chi connectivity index (χ2v) is 4.78. The Bertz CT molecular complexity index is 99.6. The third-order valence-electron chi connectivity index (χ3n) is 2.46. The summed E-state index contributed by atoms with van der Waals surface area (Å²) in [6.45, 7) is 9.03. The zero-order chi connectivity index (χ0) is 12.6. The summed E-state index contributed by atoms with van der Waals surface area (Å²) in [6.07, 6.45) is 12.4. The van der Waals surface area contributed by atoms with Crippen molar-refractivity contribution in [2.75, 3.05) is 20.6 Å². The van der Waals surface area contributed by atoms with Crippen LogP contribution in [0.5, 0.6) is 0 Å². The quantitative estimate of drug-likeness (QED) is 0.506. The van der Waals surface area contributed by atoms with Gasteiger partial charge in [0.1, 0.15) is 0 Å². The minimum Gasteiger partial charge on any atom is -0.309 e. The Morgan fingerprint density at radius 3 is 1.50 bits per heavy atom. The molecule has 0 unspecified atom stereocenters. The van der Waals surface area contributed by atoms with Gasteiger partial charge >= 0.3 is 0 Å². The lowest BCUT2D eigenvalue weighted by molar-refractivity contribution is 0.389. The van der Waals surface area contributed by atoms with Crippen LogP contribution in [0.3, 0.4) is 0 Å². The highest BCUT2D eigenvalue weighted by molar-refractivity contribution is 4.48. The molecule has 1 radical (unpaired) electrons. The molecule has 0 aliphatic rings. The Morgan fingerprint density at radius 1 is 0.750 bits per heavy atom. The normalized spacial score (nSPS) is 10.1. The predicted octanol–water partition coefficient (Wildman–Crippen LogP) is 4.92. The largest absolute Gasteiger partial charge is 0.309 e. The van der Waals surface area contributed by atoms with Crippen molar-refractivity contribution < 1.29 is 0 Å². The summed E-state index contributed by atoms with van der Waals surface area (Å²) in [5.74, 6) is 0. The monoisotopic (exact) mass is 228 g/mol. The number of unbranched alkanes of at least 4 members (excludes halogenated alkanes) is 7. The molecular formula is C15H34N. The van der Waals surface area contributed by atoms with E-state index in [1.807, 2.05) is 6.92 Å². The first-order chi connectivity index (χ1) is 7.68. The Hall–Kier alpha value is -0.0400. The van der Waals surface area contributed by atoms with Gasteiger partial charge in [-0.3, -0.25) is 0 Å². The van der Waals surface area contributed by atoms with Crippen LogP contribution in [0.15, 0.2) is 0 Å². The fraction of sp³-hybridized carbons (Fsp3) is 0.933. The molecule has 0 atom stereocenters. The van der Waals surface area contributed by atoms with Crippen molar-refractivity contribution in [3.05, 3.63) is 6.92 Å². The maximum Gasteiger partial charge on any atom is -0.00248 e. The Morgan fingerprint density at radius 2 is 1.12 bits per heavy atom. The van der Waals surface area contributed by atoms with Crippen LogP contribution in [0.4, 0.5) is 0 Å². The van der Waals surface area contributed by atoms with Gasteiger partial charge in [-0.2, -0.15) is 0 Å². The van der Waals surface area contributed by atoms with E-state index in [2.05, 4.69) is 32.8 Å². The molecule has 1 nitrogen and oxygen atoms in total. The number of rotatable bonds is 9. The first kappa shape index (κ1) is 18.3. The van der Waals surface area contributed by atoms with E-state index in [4.69, 9.17) is 0 Å². The van der Waals surface area contributed by atoms with Crippen molar-refractivity contribution in [2.45, 2.75) is 71.6 Å². The minimum atomic E-state index is 1.00. The molecule has 0 saturated carbocycles. The summed E-state index contributed by atoms with van der Waals surface area (Å²) in [6, 6.07) is 0. The Kier molecular flexibility index (Phi) is 19.9. The molecule has 0 rings (SSSR count). The molecule has 0 fully saturated rings. The first-order valence-electron chi connectivity index (χ1n) is 7.12. The van der Waals surface area contributed by atoms with Crippen LogP contribution in [0.1, 0.15) is 71.6 Å². The molecule has 0 aromatic carbocycles. The summed E-state index contributed by atoms with van der Waals surface area (Å²) in [7, 11) is 4.31. The highest BCUT2D eigenvalue weighted by Gasteiger charge is 1.92. The molecule has 99 valence electrons. The standard InChI is InChI=1S/C12H27N.C3H7/c1-4-5-6-7-8-9-10-11-12-13(2)3;1-3-2/h4-12H2,1-3H3;1,3H2,2H3. The van der Waals surface area contributed by atoms with Crippen LogP contribution < -0.4 is 0 Å². The molecule has 0 bridgehead atoms. The second kappa shape index (κ2) is 17.4. The predicted molar refractivity (Wildman–Crippen MR) is 76.8 cm³/mol. The van der Waals surface area contributed by atoms with E-state index in [0.29, 0.717) is 0 Å². The van der Waals surface area contributed by atoms with Crippen LogP contribution in [0.2, 0.25) is 0 Å². The van der Waals surface area contributed by atoms with Crippen molar-refractivity contribution >= 4 is 0 Å². The molecule has 0 aromatic heterocycles. The van der Waals surface area contributed by atoms with Crippen LogP contribution >= 0.6 is 0 Å². The van der Waals surface area contributed by atoms with E-state index in [0.717, 1.165) is 6.42 Å². The SMILES string of the molecule is CCCCCCCCCCN(C)C.[CH2]CC. The first-order valence-corrected chi connectivity index (χ1v) is 7.12. The van der Waals surface area contributed by atoms with E-state index in [1.54, 1.807) is 0 Å². The summed E-state index contributed by atoms with van der Waals surface area (Å²) in [5.41, 5.74) is 0. The van der Waals surface area contributed by atoms with Crippen molar-refractivity contribution in [3.63, 3.8) is 0 Å². The molecule has 1 heteroatoms. The third-order valence-corrected chi connectivity index (χ3v) is 2.46. The van der Waals surface area contributed by atoms with Crippen molar-refractivity contribution in [1.29, 1.82) is 0 Å². The molecule has 0 aromatic rings. The van der Waals surface area contributed by atoms with Gasteiger partial charge in [-0.1, -0.05) is 72.1 Å². The van der Waals surface area contributed by atoms with E-state index in [1.165, 1.54) is 57.9 Å². The summed E-state index contributed by atoms with van der Waals surface area (Å²) >= 11 is 0. The molecular weight excluding hydrogens is 194 g/mol. The van der Waals surface area contributed by atoms with Gasteiger partial charge in [0.25, 0.3) is 0 Å². The fourth-order valence-electron chi connectivity index (χ4n) is 1.56. The minimum absolute atomic E-state index is 1.00. The maximum atomic E-state index is 3.49. The fourth-order valence-corrected chi connectivity index (χ4v) is 1.56. The van der Waals surface area contributed by atoms with Gasteiger partial charge in [-0.25, -0.2) is 0 Å². The highest BCUT2D eigenvalue weighted by Crippen LogP contribution is 2.08. The van der Waals surface area contributed by atoms with Gasteiger partial charge < -0.3 is 4.90 Å². The Labute approximate surface area is 105 Å². The van der Waals surface area contributed by atoms with Crippen LogP contribution in [-0.2, 0) is 0 Å². The summed E-state index contributed by atoms with van der Waals surface area (Å²) < 4.78 is 0. The van der Waals surface area contributed by atoms with Crippen molar-refractivity contribution in [2.24, 2.45) is 0 Å². The topological polar surface area (TPSA) is 3.24 Å². The highest BCUT2D eigenvalue weighted by atomic mass is 15.0. The number of hydrogen-bond donors (Lipinski definition) is 0. The van der Waals surface area contributed by atoms with Gasteiger partial charge in [0.05, 0.1) is 0 Å². The lowest BCUT2D eigenvalue weighted by atomic mass is 10.1. The molecule has 0 spiro atoms. The van der Waals surface area contributed by atoms with Crippen LogP contribution in [0, 0.1) is 6.92 Å². The average molecular weight is 228 g/mol. The Balaban J connectivity index is 0. The molecule has 0 amide bonds. The van der Waals surface area contributed by atoms with Crippen molar-refractivity contribution in [1.82, 2.24) is 4.90 Å². The zero-order valence-corrected chi connectivity index (χ0v) is 12.2. The lowest BCUT2D eigenvalue weighted by Gasteiger charge is -2.08. The summed E-state index contributed by atoms with van der Waals surface area (Å²) in [4.78, 5) is 2.27. The smallest absolute Gasteiger partial charge is 0.00248 e. The second-order valence-electron chi connectivity index (χ2n) is 4.78. The van der Waals surface area contributed by atoms with Crippen LogP contribution in [-0.4, -0.2) is 25.5 Å². The molecule has 0 N–H and O–H groups in total. The van der Waals surface area contributed by atoms with Crippen molar-refractivity contribution in [3.8, 4) is 0 Å². The zero-order valence-electron chi connectivity index (χ0n) is 12.2. The maximum absolute atomic E-state index is 3.49. The van der Waals surface area contributed by atoms with Gasteiger partial charge in [-0.05, 0) is 27.1 Å². The third kappa shape index (κ3) is 23.6. The van der Waals surface area contributed by atoms with Gasteiger partial charge in [0, 0.05) is 0 Å². The molecule has 0 heterocycles. The number of nitrogens with zero attached hydrogens (tertiary/aromatic N) is 1. The van der Waals surface area contributed by atoms with E-state index in [9.17, 15) is 0 Å². The molecule has 0 aliphatic heterocycles. The number of hydrogen-bond acceptors (Lipinski definition) is 1. The average Bonchev–Trinajstić information content (AvgIpc) is 2.23. The lowest BCUT2D eigenvalue weighted by Crippen LogP contribution is -2.12. The van der Waals surface area contributed by atoms with Gasteiger partial charge in [0.15, 0.2) is 0 Å². The van der Waals surface area contributed by atoms with E-state index < -0.39 is 0 Å². The molecule has 0 aliphatic carbocycles. The van der Waals surface area contributed by atoms with E-state index >= 15 is 0 Å². The summed E-state index contributed by atoms with van der Waals surface area (Å²) in [5, 5.41) is 0.